The third-order valence-corrected chi connectivity index (χ3v) is 2.30. The molecule has 0 spiro atoms. The fourth-order valence-corrected chi connectivity index (χ4v) is 1.54. The first kappa shape index (κ1) is 11.1. The summed E-state index contributed by atoms with van der Waals surface area (Å²) in [6.45, 7) is 3.76. The summed E-state index contributed by atoms with van der Waals surface area (Å²) in [5, 5.41) is 12.9. The highest BCUT2D eigenvalue weighted by Crippen LogP contribution is 2.13. The predicted octanol–water partition coefficient (Wildman–Crippen LogP) is 1.09. The van der Waals surface area contributed by atoms with E-state index in [1.165, 1.54) is 16.9 Å². The van der Waals surface area contributed by atoms with Crippen molar-refractivity contribution >= 4 is 11.6 Å². The van der Waals surface area contributed by atoms with Gasteiger partial charge in [-0.1, -0.05) is 0 Å². The summed E-state index contributed by atoms with van der Waals surface area (Å²) in [7, 11) is 0. The van der Waals surface area contributed by atoms with Crippen LogP contribution in [0.3, 0.4) is 0 Å². The number of aromatic nitrogens is 3. The summed E-state index contributed by atoms with van der Waals surface area (Å²) in [5.74, 6) is -0.468. The minimum atomic E-state index is -0.468. The zero-order chi connectivity index (χ0) is 12.4. The maximum Gasteiger partial charge on any atom is 0.357 e. The minimum Gasteiger partial charge on any atom is -0.461 e. The average molecular weight is 230 g/mol. The van der Waals surface area contributed by atoms with Gasteiger partial charge in [-0.2, -0.15) is 10.4 Å². The number of rotatable bonds is 2. The summed E-state index contributed by atoms with van der Waals surface area (Å²) in [5.41, 5.74) is 1.65. The predicted molar refractivity (Wildman–Crippen MR) is 58.4 cm³/mol. The van der Waals surface area contributed by atoms with Gasteiger partial charge in [-0.25, -0.2) is 14.3 Å². The van der Waals surface area contributed by atoms with Gasteiger partial charge in [0.2, 0.25) is 0 Å². The molecule has 6 nitrogen and oxygen atoms in total. The molecule has 0 N–H and O–H groups in total. The highest BCUT2D eigenvalue weighted by molar-refractivity contribution is 5.89. The second-order valence-electron chi connectivity index (χ2n) is 3.42. The second kappa shape index (κ2) is 4.22. The van der Waals surface area contributed by atoms with Crippen LogP contribution in [-0.4, -0.2) is 27.2 Å². The fourth-order valence-electron chi connectivity index (χ4n) is 1.54. The molecular formula is C11H10N4O2. The van der Waals surface area contributed by atoms with E-state index >= 15 is 0 Å². The minimum absolute atomic E-state index is 0.286. The molecule has 0 aromatic carbocycles. The maximum atomic E-state index is 11.8. The molecule has 0 fully saturated rings. The Morgan fingerprint density at radius 3 is 3.00 bits per heavy atom. The van der Waals surface area contributed by atoms with Crippen LogP contribution in [-0.2, 0) is 4.74 Å². The first-order valence-electron chi connectivity index (χ1n) is 5.09. The highest BCUT2D eigenvalue weighted by atomic mass is 16.5. The molecule has 6 heteroatoms. The van der Waals surface area contributed by atoms with E-state index in [9.17, 15) is 4.79 Å². The average Bonchev–Trinajstić information content (AvgIpc) is 2.71. The van der Waals surface area contributed by atoms with Crippen LogP contribution in [0, 0.1) is 18.3 Å². The van der Waals surface area contributed by atoms with Gasteiger partial charge in [0, 0.05) is 11.8 Å². The molecule has 86 valence electrons. The third kappa shape index (κ3) is 1.72. The van der Waals surface area contributed by atoms with Crippen molar-refractivity contribution in [3.05, 3.63) is 29.2 Å². The standard InChI is InChI=1S/C11H10N4O2/c1-3-17-11(16)9-7(2)5-13-10-8(4-12)6-14-15(9)10/h5-6H,3H2,1-2H3. The van der Waals surface area contributed by atoms with Gasteiger partial charge in [0.05, 0.1) is 12.8 Å². The van der Waals surface area contributed by atoms with Crippen LogP contribution >= 0.6 is 0 Å². The number of esters is 1. The van der Waals surface area contributed by atoms with Crippen molar-refractivity contribution in [3.63, 3.8) is 0 Å². The van der Waals surface area contributed by atoms with E-state index in [0.29, 0.717) is 22.5 Å². The highest BCUT2D eigenvalue weighted by Gasteiger charge is 2.18. The largest absolute Gasteiger partial charge is 0.461 e. The molecule has 0 bridgehead atoms. The molecule has 0 atom stereocenters. The quantitative estimate of drug-likeness (QED) is 0.721. The van der Waals surface area contributed by atoms with Crippen LogP contribution < -0.4 is 0 Å². The lowest BCUT2D eigenvalue weighted by molar-refractivity contribution is 0.0515. The fraction of sp³-hybridized carbons (Fsp3) is 0.273. The lowest BCUT2D eigenvalue weighted by Gasteiger charge is -2.06. The van der Waals surface area contributed by atoms with E-state index < -0.39 is 5.97 Å². The van der Waals surface area contributed by atoms with E-state index in [1.54, 1.807) is 13.8 Å². The third-order valence-electron chi connectivity index (χ3n) is 2.30. The van der Waals surface area contributed by atoms with Gasteiger partial charge in [0.15, 0.2) is 11.3 Å². The van der Waals surface area contributed by atoms with E-state index in [1.807, 2.05) is 6.07 Å². The summed E-state index contributed by atoms with van der Waals surface area (Å²) < 4.78 is 6.29. The molecule has 0 unspecified atom stereocenters. The Bertz CT molecular complexity index is 624. The van der Waals surface area contributed by atoms with Crippen molar-refractivity contribution in [2.24, 2.45) is 0 Å². The first-order chi connectivity index (χ1) is 8.19. The normalized spacial score (nSPS) is 10.2. The Balaban J connectivity index is 2.69. The number of hydrogen-bond acceptors (Lipinski definition) is 5. The van der Waals surface area contributed by atoms with Gasteiger partial charge in [0.1, 0.15) is 11.6 Å². The van der Waals surface area contributed by atoms with Crippen molar-refractivity contribution in [1.82, 2.24) is 14.6 Å². The number of ether oxygens (including phenoxy) is 1. The van der Waals surface area contributed by atoms with Gasteiger partial charge in [-0.05, 0) is 13.8 Å². The smallest absolute Gasteiger partial charge is 0.357 e. The van der Waals surface area contributed by atoms with E-state index in [-0.39, 0.29) is 6.61 Å². The molecule has 0 amide bonds. The van der Waals surface area contributed by atoms with Crippen LogP contribution in [0.2, 0.25) is 0 Å². The Hall–Kier alpha value is -2.42. The molecule has 0 saturated heterocycles. The van der Waals surface area contributed by atoms with Crippen molar-refractivity contribution in [3.8, 4) is 6.07 Å². The molecule has 0 radical (unpaired) electrons. The van der Waals surface area contributed by atoms with Crippen molar-refractivity contribution < 1.29 is 9.53 Å². The molecule has 0 saturated carbocycles. The Labute approximate surface area is 97.4 Å². The molecule has 0 aliphatic heterocycles. The van der Waals surface area contributed by atoms with E-state index in [2.05, 4.69) is 10.1 Å². The Morgan fingerprint density at radius 2 is 2.35 bits per heavy atom. The van der Waals surface area contributed by atoms with Gasteiger partial charge in [0.25, 0.3) is 0 Å². The molecule has 2 rings (SSSR count). The monoisotopic (exact) mass is 230 g/mol. The molecule has 0 aliphatic rings. The Kier molecular flexibility index (Phi) is 2.75. The molecule has 2 aromatic rings. The van der Waals surface area contributed by atoms with E-state index in [0.717, 1.165) is 0 Å². The SMILES string of the molecule is CCOC(=O)c1c(C)cnc2c(C#N)cnn12. The van der Waals surface area contributed by atoms with E-state index in [4.69, 9.17) is 10.00 Å². The maximum absolute atomic E-state index is 11.8. The van der Waals surface area contributed by atoms with Crippen LogP contribution in [0.5, 0.6) is 0 Å². The van der Waals surface area contributed by atoms with Crippen molar-refractivity contribution in [2.75, 3.05) is 6.61 Å². The number of fused-ring (bicyclic) bond motifs is 1. The number of nitrogens with zero attached hydrogens (tertiary/aromatic N) is 4. The zero-order valence-corrected chi connectivity index (χ0v) is 9.47. The van der Waals surface area contributed by atoms with Crippen LogP contribution in [0.1, 0.15) is 28.5 Å². The number of nitriles is 1. The van der Waals surface area contributed by atoms with Crippen LogP contribution in [0.15, 0.2) is 12.4 Å². The summed E-state index contributed by atoms with van der Waals surface area (Å²) in [6, 6.07) is 1.97. The number of carbonyl (C=O) groups excluding carboxylic acids is 1. The van der Waals surface area contributed by atoms with Gasteiger partial charge in [-0.3, -0.25) is 0 Å². The van der Waals surface area contributed by atoms with Crippen LogP contribution in [0.25, 0.3) is 5.65 Å². The molecular weight excluding hydrogens is 220 g/mol. The Morgan fingerprint density at radius 1 is 1.59 bits per heavy atom. The van der Waals surface area contributed by atoms with Crippen molar-refractivity contribution in [2.45, 2.75) is 13.8 Å². The lowest BCUT2D eigenvalue weighted by atomic mass is 10.2. The lowest BCUT2D eigenvalue weighted by Crippen LogP contribution is -2.14. The summed E-state index contributed by atoms with van der Waals surface area (Å²) >= 11 is 0. The van der Waals surface area contributed by atoms with Crippen LogP contribution in [0.4, 0.5) is 0 Å². The molecule has 2 heterocycles. The first-order valence-corrected chi connectivity index (χ1v) is 5.09. The zero-order valence-electron chi connectivity index (χ0n) is 9.47. The van der Waals surface area contributed by atoms with Gasteiger partial charge < -0.3 is 4.74 Å². The van der Waals surface area contributed by atoms with Gasteiger partial charge in [-0.15, -0.1) is 0 Å². The topological polar surface area (TPSA) is 80.3 Å². The molecule has 0 aliphatic carbocycles. The summed E-state index contributed by atoms with van der Waals surface area (Å²) in [6.07, 6.45) is 2.91. The number of hydrogen-bond donors (Lipinski definition) is 0. The van der Waals surface area contributed by atoms with Gasteiger partial charge >= 0.3 is 5.97 Å². The van der Waals surface area contributed by atoms with Crippen molar-refractivity contribution in [1.29, 1.82) is 5.26 Å². The molecule has 2 aromatic heterocycles. The summed E-state index contributed by atoms with van der Waals surface area (Å²) in [4.78, 5) is 15.9. The number of carbonyl (C=O) groups is 1. The molecule has 17 heavy (non-hydrogen) atoms. The number of aryl methyl sites for hydroxylation is 1. The second-order valence-corrected chi connectivity index (χ2v) is 3.42.